The molecule has 1 aromatic rings. The van der Waals surface area contributed by atoms with Crippen LogP contribution >= 0.6 is 37.2 Å². The van der Waals surface area contributed by atoms with Crippen LogP contribution in [0.25, 0.3) is 0 Å². The van der Waals surface area contributed by atoms with E-state index >= 15 is 0 Å². The van der Waals surface area contributed by atoms with Gasteiger partial charge in [-0.25, -0.2) is 4.39 Å². The summed E-state index contributed by atoms with van der Waals surface area (Å²) in [4.78, 5) is 6.47. The number of pyridine rings is 1. The first-order chi connectivity index (χ1) is 7.27. The largest absolute Gasteiger partial charge is 0.314 e. The molecule has 0 radical (unpaired) electrons. The lowest BCUT2D eigenvalue weighted by molar-refractivity contribution is 0.182. The summed E-state index contributed by atoms with van der Waals surface area (Å²) >= 11 is 0. The fourth-order valence-corrected chi connectivity index (χ4v) is 1.89. The predicted molar refractivity (Wildman–Crippen MR) is 78.8 cm³/mol. The van der Waals surface area contributed by atoms with Gasteiger partial charge >= 0.3 is 0 Å². The Labute approximate surface area is 126 Å². The lowest BCUT2D eigenvalue weighted by Gasteiger charge is -2.32. The summed E-state index contributed by atoms with van der Waals surface area (Å²) < 4.78 is 12.7. The van der Waals surface area contributed by atoms with E-state index in [4.69, 9.17) is 0 Å². The molecule has 0 aromatic carbocycles. The van der Waals surface area contributed by atoms with E-state index < -0.39 is 0 Å². The second-order valence-electron chi connectivity index (χ2n) is 3.86. The van der Waals surface area contributed by atoms with Crippen LogP contribution in [0.4, 0.5) is 4.39 Å². The molecule has 7 heteroatoms. The molecule has 1 saturated heterocycles. The normalized spacial score (nSPS) is 16.8. The van der Waals surface area contributed by atoms with E-state index in [1.807, 2.05) is 0 Å². The van der Waals surface area contributed by atoms with E-state index in [0.29, 0.717) is 0 Å². The Morgan fingerprint density at radius 3 is 2.33 bits per heavy atom. The number of nitrogens with one attached hydrogen (secondary N) is 1. The van der Waals surface area contributed by atoms with Gasteiger partial charge in [0.15, 0.2) is 0 Å². The number of rotatable bonds is 2. The molecule has 2 rings (SSSR count). The van der Waals surface area contributed by atoms with Crippen LogP contribution in [0.1, 0.15) is 18.7 Å². The van der Waals surface area contributed by atoms with Crippen LogP contribution in [0.2, 0.25) is 0 Å². The Bertz CT molecular complexity index is 318. The molecule has 1 atom stereocenters. The number of aromatic nitrogens is 1. The van der Waals surface area contributed by atoms with Crippen LogP contribution in [0, 0.1) is 5.82 Å². The van der Waals surface area contributed by atoms with E-state index in [-0.39, 0.29) is 49.1 Å². The summed E-state index contributed by atoms with van der Waals surface area (Å²) in [6, 6.07) is 3.51. The third-order valence-electron chi connectivity index (χ3n) is 2.88. The van der Waals surface area contributed by atoms with Crippen molar-refractivity contribution < 1.29 is 4.39 Å². The minimum Gasteiger partial charge on any atom is -0.314 e. The van der Waals surface area contributed by atoms with Gasteiger partial charge in [0, 0.05) is 32.2 Å². The summed E-state index contributed by atoms with van der Waals surface area (Å²) in [6.45, 7) is 6.21. The molecule has 18 heavy (non-hydrogen) atoms. The van der Waals surface area contributed by atoms with Crippen molar-refractivity contribution in [3.05, 3.63) is 29.8 Å². The third kappa shape index (κ3) is 5.24. The minimum atomic E-state index is -0.272. The smallest absolute Gasteiger partial charge is 0.141 e. The maximum absolute atomic E-state index is 12.7. The molecular formula is C11H19Cl3FN3. The zero-order valence-corrected chi connectivity index (χ0v) is 12.6. The SMILES string of the molecule is CC(c1ccc(F)cn1)N1CCNCC1.Cl.Cl.Cl. The Balaban J connectivity index is 0. The molecule has 106 valence electrons. The predicted octanol–water partition coefficient (Wildman–Crippen LogP) is 2.45. The average Bonchev–Trinajstić information content (AvgIpc) is 2.30. The highest BCUT2D eigenvalue weighted by molar-refractivity contribution is 5.86. The van der Waals surface area contributed by atoms with Crippen molar-refractivity contribution >= 4 is 37.2 Å². The van der Waals surface area contributed by atoms with E-state index in [2.05, 4.69) is 22.1 Å². The molecule has 0 aliphatic carbocycles. The fraction of sp³-hybridized carbons (Fsp3) is 0.545. The molecule has 1 aromatic heterocycles. The van der Waals surface area contributed by atoms with Crippen molar-refractivity contribution in [2.45, 2.75) is 13.0 Å². The van der Waals surface area contributed by atoms with Crippen molar-refractivity contribution in [3.63, 3.8) is 0 Å². The first-order valence-corrected chi connectivity index (χ1v) is 5.33. The van der Waals surface area contributed by atoms with Gasteiger partial charge in [-0.2, -0.15) is 0 Å². The molecule has 2 heterocycles. The van der Waals surface area contributed by atoms with Gasteiger partial charge in [0.1, 0.15) is 5.82 Å². The third-order valence-corrected chi connectivity index (χ3v) is 2.88. The molecule has 1 N–H and O–H groups in total. The fourth-order valence-electron chi connectivity index (χ4n) is 1.89. The first kappa shape index (κ1) is 20.2. The zero-order chi connectivity index (χ0) is 10.7. The number of hydrogen-bond donors (Lipinski definition) is 1. The Morgan fingerprint density at radius 2 is 1.83 bits per heavy atom. The topological polar surface area (TPSA) is 28.2 Å². The molecule has 1 aliphatic heterocycles. The molecule has 1 unspecified atom stereocenters. The molecule has 0 spiro atoms. The lowest BCUT2D eigenvalue weighted by atomic mass is 10.1. The molecule has 1 aliphatic rings. The van der Waals surface area contributed by atoms with E-state index in [1.165, 1.54) is 12.3 Å². The Kier molecular flexibility index (Phi) is 10.9. The van der Waals surface area contributed by atoms with Gasteiger partial charge in [-0.05, 0) is 19.1 Å². The number of halogens is 4. The molecular weight excluding hydrogens is 299 g/mol. The maximum Gasteiger partial charge on any atom is 0.141 e. The van der Waals surface area contributed by atoms with Gasteiger partial charge in [0.2, 0.25) is 0 Å². The zero-order valence-electron chi connectivity index (χ0n) is 10.1. The highest BCUT2D eigenvalue weighted by atomic mass is 35.5. The summed E-state index contributed by atoms with van der Waals surface area (Å²) in [5.41, 5.74) is 0.943. The minimum absolute atomic E-state index is 0. The van der Waals surface area contributed by atoms with Crippen molar-refractivity contribution in [1.82, 2.24) is 15.2 Å². The van der Waals surface area contributed by atoms with Gasteiger partial charge in [0.05, 0.1) is 11.9 Å². The van der Waals surface area contributed by atoms with E-state index in [1.54, 1.807) is 6.07 Å². The van der Waals surface area contributed by atoms with Crippen molar-refractivity contribution in [1.29, 1.82) is 0 Å². The summed E-state index contributed by atoms with van der Waals surface area (Å²) in [5.74, 6) is -0.272. The molecule has 0 amide bonds. The van der Waals surface area contributed by atoms with Crippen LogP contribution in [0.3, 0.4) is 0 Å². The standard InChI is InChI=1S/C11H16FN3.3ClH/c1-9(15-6-4-13-5-7-15)11-3-2-10(12)8-14-11;;;/h2-3,8-9,13H,4-7H2,1H3;3*1H. The molecule has 1 fully saturated rings. The van der Waals surface area contributed by atoms with Crippen LogP contribution in [-0.4, -0.2) is 36.1 Å². The van der Waals surface area contributed by atoms with Crippen molar-refractivity contribution in [2.24, 2.45) is 0 Å². The summed E-state index contributed by atoms with van der Waals surface area (Å²) in [6.07, 6.45) is 1.29. The Hall–Kier alpha value is -0.130. The van der Waals surface area contributed by atoms with Gasteiger partial charge in [0.25, 0.3) is 0 Å². The molecule has 3 nitrogen and oxygen atoms in total. The van der Waals surface area contributed by atoms with Crippen LogP contribution in [0.5, 0.6) is 0 Å². The highest BCUT2D eigenvalue weighted by Crippen LogP contribution is 2.18. The van der Waals surface area contributed by atoms with Gasteiger partial charge in [-0.3, -0.25) is 9.88 Å². The Morgan fingerprint density at radius 1 is 1.22 bits per heavy atom. The average molecular weight is 319 g/mol. The summed E-state index contributed by atoms with van der Waals surface area (Å²) in [5, 5.41) is 3.31. The second kappa shape index (κ2) is 9.75. The number of hydrogen-bond acceptors (Lipinski definition) is 3. The first-order valence-electron chi connectivity index (χ1n) is 5.33. The maximum atomic E-state index is 12.7. The summed E-state index contributed by atoms with van der Waals surface area (Å²) in [7, 11) is 0. The van der Waals surface area contributed by atoms with Gasteiger partial charge in [-0.1, -0.05) is 0 Å². The van der Waals surface area contributed by atoms with Crippen LogP contribution in [-0.2, 0) is 0 Å². The van der Waals surface area contributed by atoms with E-state index in [9.17, 15) is 4.39 Å². The number of piperazine rings is 1. The van der Waals surface area contributed by atoms with Crippen LogP contribution < -0.4 is 5.32 Å². The van der Waals surface area contributed by atoms with Gasteiger partial charge in [-0.15, -0.1) is 37.2 Å². The quantitative estimate of drug-likeness (QED) is 0.908. The van der Waals surface area contributed by atoms with Crippen molar-refractivity contribution in [2.75, 3.05) is 26.2 Å². The monoisotopic (exact) mass is 317 g/mol. The van der Waals surface area contributed by atoms with Crippen molar-refractivity contribution in [3.8, 4) is 0 Å². The highest BCUT2D eigenvalue weighted by Gasteiger charge is 2.18. The lowest BCUT2D eigenvalue weighted by Crippen LogP contribution is -2.44. The van der Waals surface area contributed by atoms with Crippen LogP contribution in [0.15, 0.2) is 18.3 Å². The molecule has 0 bridgehead atoms. The molecule has 0 saturated carbocycles. The number of nitrogens with zero attached hydrogens (tertiary/aromatic N) is 2. The van der Waals surface area contributed by atoms with Gasteiger partial charge < -0.3 is 5.32 Å². The second-order valence-corrected chi connectivity index (χ2v) is 3.86. The van der Waals surface area contributed by atoms with E-state index in [0.717, 1.165) is 31.9 Å².